The number of carbonyl (C=O) groups is 1. The van der Waals surface area contributed by atoms with Crippen LogP contribution in [0.4, 0.5) is 0 Å². The van der Waals surface area contributed by atoms with E-state index in [1.54, 1.807) is 13.2 Å². The van der Waals surface area contributed by atoms with E-state index in [4.69, 9.17) is 9.26 Å². The molecule has 1 amide bonds. The highest BCUT2D eigenvalue weighted by Gasteiger charge is 2.16. The summed E-state index contributed by atoms with van der Waals surface area (Å²) in [5, 5.41) is 6.47. The third kappa shape index (κ3) is 3.09. The van der Waals surface area contributed by atoms with Crippen molar-refractivity contribution in [3.8, 4) is 17.1 Å². The van der Waals surface area contributed by atoms with Gasteiger partial charge in [0.15, 0.2) is 0 Å². The van der Waals surface area contributed by atoms with Crippen LogP contribution in [0.5, 0.6) is 5.75 Å². The Bertz CT molecular complexity index is 578. The highest BCUT2D eigenvalue weighted by Crippen LogP contribution is 2.21. The van der Waals surface area contributed by atoms with Crippen molar-refractivity contribution < 1.29 is 14.1 Å². The van der Waals surface area contributed by atoms with Crippen LogP contribution in [0.3, 0.4) is 0 Å². The van der Waals surface area contributed by atoms with Crippen molar-refractivity contribution in [1.82, 2.24) is 15.5 Å². The molecule has 0 fully saturated rings. The van der Waals surface area contributed by atoms with E-state index in [2.05, 4.69) is 15.5 Å². The van der Waals surface area contributed by atoms with Gasteiger partial charge in [0, 0.05) is 11.6 Å². The van der Waals surface area contributed by atoms with Crippen molar-refractivity contribution in [2.45, 2.75) is 19.9 Å². The van der Waals surface area contributed by atoms with Gasteiger partial charge in [-0.15, -0.1) is 0 Å². The zero-order valence-corrected chi connectivity index (χ0v) is 11.0. The number of amides is 1. The molecule has 0 unspecified atom stereocenters. The second-order valence-electron chi connectivity index (χ2n) is 4.28. The highest BCUT2D eigenvalue weighted by molar-refractivity contribution is 5.90. The molecule has 0 atom stereocenters. The lowest BCUT2D eigenvalue weighted by Gasteiger charge is -2.03. The molecule has 0 aliphatic carbocycles. The molecule has 0 aliphatic rings. The number of hydrogen-bond donors (Lipinski definition) is 1. The summed E-state index contributed by atoms with van der Waals surface area (Å²) in [5.41, 5.74) is 0.728. The first-order valence-electron chi connectivity index (χ1n) is 5.89. The number of benzene rings is 1. The van der Waals surface area contributed by atoms with Crippen molar-refractivity contribution in [1.29, 1.82) is 0 Å². The van der Waals surface area contributed by atoms with Crippen LogP contribution in [-0.4, -0.2) is 29.2 Å². The van der Waals surface area contributed by atoms with Crippen LogP contribution < -0.4 is 10.1 Å². The molecule has 1 aromatic heterocycles. The Morgan fingerprint density at radius 3 is 2.89 bits per heavy atom. The first kappa shape index (κ1) is 13.1. The highest BCUT2D eigenvalue weighted by atomic mass is 16.5. The normalized spacial score (nSPS) is 10.5. The van der Waals surface area contributed by atoms with E-state index in [1.165, 1.54) is 0 Å². The molecule has 2 rings (SSSR count). The van der Waals surface area contributed by atoms with Crippen molar-refractivity contribution >= 4 is 5.91 Å². The van der Waals surface area contributed by atoms with Crippen LogP contribution >= 0.6 is 0 Å². The topological polar surface area (TPSA) is 77.2 Å². The quantitative estimate of drug-likeness (QED) is 0.909. The van der Waals surface area contributed by atoms with Crippen molar-refractivity contribution in [3.05, 3.63) is 30.2 Å². The number of carbonyl (C=O) groups excluding carboxylic acids is 1. The molecule has 0 saturated heterocycles. The van der Waals surface area contributed by atoms with Crippen molar-refractivity contribution in [2.24, 2.45) is 0 Å². The largest absolute Gasteiger partial charge is 0.497 e. The third-order valence-corrected chi connectivity index (χ3v) is 2.37. The molecule has 0 bridgehead atoms. The zero-order chi connectivity index (χ0) is 13.8. The van der Waals surface area contributed by atoms with Gasteiger partial charge in [0.25, 0.3) is 0 Å². The molecular weight excluding hydrogens is 246 g/mol. The SMILES string of the molecule is COc1cccc(-c2noc(C(=O)NC(C)C)n2)c1. The van der Waals surface area contributed by atoms with Crippen LogP contribution in [0, 0.1) is 0 Å². The predicted octanol–water partition coefficient (Wildman–Crippen LogP) is 1.88. The van der Waals surface area contributed by atoms with E-state index < -0.39 is 0 Å². The summed E-state index contributed by atoms with van der Waals surface area (Å²) in [4.78, 5) is 15.8. The van der Waals surface area contributed by atoms with Crippen LogP contribution in [0.2, 0.25) is 0 Å². The van der Waals surface area contributed by atoms with Gasteiger partial charge < -0.3 is 14.6 Å². The Morgan fingerprint density at radius 1 is 1.42 bits per heavy atom. The van der Waals surface area contributed by atoms with Gasteiger partial charge in [-0.2, -0.15) is 4.98 Å². The second-order valence-corrected chi connectivity index (χ2v) is 4.28. The summed E-state index contributed by atoms with van der Waals surface area (Å²) >= 11 is 0. The lowest BCUT2D eigenvalue weighted by atomic mass is 10.2. The minimum atomic E-state index is -0.378. The van der Waals surface area contributed by atoms with Crippen molar-refractivity contribution in [2.75, 3.05) is 7.11 Å². The Labute approximate surface area is 110 Å². The number of aromatic nitrogens is 2. The molecule has 6 heteroatoms. The van der Waals surface area contributed by atoms with E-state index in [0.717, 1.165) is 5.56 Å². The van der Waals surface area contributed by atoms with Gasteiger partial charge in [0.1, 0.15) is 5.75 Å². The monoisotopic (exact) mass is 261 g/mol. The number of nitrogens with zero attached hydrogens (tertiary/aromatic N) is 2. The first-order valence-corrected chi connectivity index (χ1v) is 5.89. The molecular formula is C13H15N3O3. The molecule has 0 saturated carbocycles. The maximum absolute atomic E-state index is 11.7. The zero-order valence-electron chi connectivity index (χ0n) is 11.0. The van der Waals surface area contributed by atoms with Gasteiger partial charge in [0.2, 0.25) is 5.82 Å². The van der Waals surface area contributed by atoms with E-state index >= 15 is 0 Å². The molecule has 100 valence electrons. The summed E-state index contributed by atoms with van der Waals surface area (Å²) in [6.45, 7) is 3.72. The summed E-state index contributed by atoms with van der Waals surface area (Å²) in [5.74, 6) is 0.617. The van der Waals surface area contributed by atoms with Crippen LogP contribution in [0.25, 0.3) is 11.4 Å². The van der Waals surface area contributed by atoms with E-state index in [9.17, 15) is 4.79 Å². The summed E-state index contributed by atoms with van der Waals surface area (Å²) < 4.78 is 10.1. The van der Waals surface area contributed by atoms with Gasteiger partial charge in [-0.3, -0.25) is 4.79 Å². The fraction of sp³-hybridized carbons (Fsp3) is 0.308. The molecule has 2 aromatic rings. The summed E-state index contributed by atoms with van der Waals surface area (Å²) in [6.07, 6.45) is 0. The molecule has 0 radical (unpaired) electrons. The second kappa shape index (κ2) is 5.51. The molecule has 6 nitrogen and oxygen atoms in total. The Hall–Kier alpha value is -2.37. The lowest BCUT2D eigenvalue weighted by molar-refractivity contribution is 0.0899. The molecule has 1 heterocycles. The first-order chi connectivity index (χ1) is 9.10. The standard InChI is InChI=1S/C13H15N3O3/c1-8(2)14-12(17)13-15-11(16-19-13)9-5-4-6-10(7-9)18-3/h4-8H,1-3H3,(H,14,17). The predicted molar refractivity (Wildman–Crippen MR) is 68.9 cm³/mol. The van der Waals surface area contributed by atoms with Crippen LogP contribution in [0.15, 0.2) is 28.8 Å². The Kier molecular flexibility index (Phi) is 3.79. The van der Waals surface area contributed by atoms with Gasteiger partial charge in [-0.1, -0.05) is 17.3 Å². The number of methoxy groups -OCH3 is 1. The van der Waals surface area contributed by atoms with Gasteiger partial charge in [0.05, 0.1) is 7.11 Å². The van der Waals surface area contributed by atoms with Crippen molar-refractivity contribution in [3.63, 3.8) is 0 Å². The third-order valence-electron chi connectivity index (χ3n) is 2.37. The Morgan fingerprint density at radius 2 is 2.21 bits per heavy atom. The average molecular weight is 261 g/mol. The maximum atomic E-state index is 11.7. The van der Waals surface area contributed by atoms with E-state index in [-0.39, 0.29) is 17.8 Å². The van der Waals surface area contributed by atoms with Gasteiger partial charge in [-0.25, -0.2) is 0 Å². The van der Waals surface area contributed by atoms with Crippen LogP contribution in [0.1, 0.15) is 24.5 Å². The van der Waals surface area contributed by atoms with E-state index in [1.807, 2.05) is 32.0 Å². The molecule has 0 spiro atoms. The molecule has 1 N–H and O–H groups in total. The summed E-state index contributed by atoms with van der Waals surface area (Å²) in [7, 11) is 1.58. The maximum Gasteiger partial charge on any atom is 0.316 e. The average Bonchev–Trinajstić information content (AvgIpc) is 2.88. The number of nitrogens with one attached hydrogen (secondary N) is 1. The smallest absolute Gasteiger partial charge is 0.316 e. The fourth-order valence-corrected chi connectivity index (χ4v) is 1.52. The Balaban J connectivity index is 2.22. The van der Waals surface area contributed by atoms with E-state index in [0.29, 0.717) is 11.6 Å². The number of hydrogen-bond acceptors (Lipinski definition) is 5. The molecule has 1 aromatic carbocycles. The minimum absolute atomic E-state index is 0.0136. The van der Waals surface area contributed by atoms with Crippen LogP contribution in [-0.2, 0) is 0 Å². The summed E-state index contributed by atoms with van der Waals surface area (Å²) in [6, 6.07) is 7.24. The molecule has 0 aliphatic heterocycles. The number of rotatable bonds is 4. The fourth-order valence-electron chi connectivity index (χ4n) is 1.52. The number of ether oxygens (including phenoxy) is 1. The van der Waals surface area contributed by atoms with Gasteiger partial charge in [-0.05, 0) is 26.0 Å². The lowest BCUT2D eigenvalue weighted by Crippen LogP contribution is -2.30. The minimum Gasteiger partial charge on any atom is -0.497 e. The van der Waals surface area contributed by atoms with Gasteiger partial charge >= 0.3 is 11.8 Å². The molecule has 19 heavy (non-hydrogen) atoms.